The van der Waals surface area contributed by atoms with Gasteiger partial charge in [-0.05, 0) is 30.3 Å². The predicted octanol–water partition coefficient (Wildman–Crippen LogP) is -0.166. The molecule has 0 atom stereocenters. The number of amides is 3. The Morgan fingerprint density at radius 2 is 0.870 bits per heavy atom. The number of para-hydroxylation sites is 2. The van der Waals surface area contributed by atoms with E-state index in [1.165, 1.54) is 18.2 Å². The van der Waals surface area contributed by atoms with Crippen molar-refractivity contribution in [1.82, 2.24) is 0 Å². The summed E-state index contributed by atoms with van der Waals surface area (Å²) in [7, 11) is 0. The zero-order chi connectivity index (χ0) is 17.6. The van der Waals surface area contributed by atoms with Crippen molar-refractivity contribution in [1.29, 1.82) is 0 Å². The summed E-state index contributed by atoms with van der Waals surface area (Å²) < 4.78 is 0. The second kappa shape index (κ2) is 7.46. The van der Waals surface area contributed by atoms with E-state index in [1.807, 2.05) is 12.1 Å². The number of carbonyl (C=O) groups is 3. The van der Waals surface area contributed by atoms with E-state index >= 15 is 0 Å². The third kappa shape index (κ3) is 5.05. The van der Waals surface area contributed by atoms with Crippen molar-refractivity contribution in [2.45, 2.75) is 0 Å². The molecule has 10 N–H and O–H groups in total. The smallest absolute Gasteiger partial charge is 0.248 e. The molecule has 0 heterocycles. The Kier molecular flexibility index (Phi) is 5.67. The molecule has 0 aromatic heterocycles. The first kappa shape index (κ1) is 17.5. The second-order valence-electron chi connectivity index (χ2n) is 4.52. The maximum atomic E-state index is 10.9. The number of benzene rings is 2. The quantitative estimate of drug-likeness (QED) is 0.492. The predicted molar refractivity (Wildman–Crippen MR) is 87.3 cm³/mol. The number of rotatable bonds is 3. The molecule has 0 fully saturated rings. The molecule has 0 aliphatic rings. The van der Waals surface area contributed by atoms with E-state index in [1.54, 1.807) is 12.1 Å². The van der Waals surface area contributed by atoms with Crippen LogP contribution < -0.4 is 28.7 Å². The fraction of sp³-hybridized carbons (Fsp3) is 0. The average Bonchev–Trinajstić information content (AvgIpc) is 2.50. The fourth-order valence-electron chi connectivity index (χ4n) is 1.57. The fourth-order valence-corrected chi connectivity index (χ4v) is 1.57. The van der Waals surface area contributed by atoms with Crippen LogP contribution in [0.4, 0.5) is 11.4 Å². The molecule has 3 amide bonds. The maximum absolute atomic E-state index is 10.9. The molecule has 0 spiro atoms. The molecule has 0 bridgehead atoms. The number of carbonyl (C=O) groups excluding carboxylic acids is 3. The molecule has 0 unspecified atom stereocenters. The van der Waals surface area contributed by atoms with Gasteiger partial charge in [0.15, 0.2) is 0 Å². The standard InChI is InChI=1S/C9H9N3O3.C6H8N2/c10-7(13)4-1-5(8(11)14)3-6(2-4)9(12)15;7-5-3-1-2-4-6(5)8/h1-3H,(H2,10,13)(H2,11,14)(H2,12,15);1-4H,7-8H2. The van der Waals surface area contributed by atoms with Crippen LogP contribution in [-0.2, 0) is 0 Å². The van der Waals surface area contributed by atoms with Gasteiger partial charge in [-0.25, -0.2) is 0 Å². The summed E-state index contributed by atoms with van der Waals surface area (Å²) in [4.78, 5) is 32.6. The third-order valence-electron chi connectivity index (χ3n) is 2.78. The van der Waals surface area contributed by atoms with Gasteiger partial charge in [0.05, 0.1) is 11.4 Å². The highest BCUT2D eigenvalue weighted by atomic mass is 16.2. The molecule has 8 nitrogen and oxygen atoms in total. The Morgan fingerprint density at radius 1 is 0.609 bits per heavy atom. The topological polar surface area (TPSA) is 181 Å². The summed E-state index contributed by atoms with van der Waals surface area (Å²) >= 11 is 0. The monoisotopic (exact) mass is 315 g/mol. The minimum absolute atomic E-state index is 0.0140. The lowest BCUT2D eigenvalue weighted by atomic mass is 10.0. The van der Waals surface area contributed by atoms with E-state index in [4.69, 9.17) is 28.7 Å². The van der Waals surface area contributed by atoms with Crippen molar-refractivity contribution >= 4 is 29.1 Å². The molecule has 0 saturated carbocycles. The number of primary amides is 3. The van der Waals surface area contributed by atoms with Crippen LogP contribution in [0, 0.1) is 0 Å². The first-order chi connectivity index (χ1) is 10.7. The zero-order valence-electron chi connectivity index (χ0n) is 12.2. The van der Waals surface area contributed by atoms with E-state index in [-0.39, 0.29) is 16.7 Å². The molecular formula is C15H17N5O3. The largest absolute Gasteiger partial charge is 0.397 e. The molecule has 0 radical (unpaired) electrons. The van der Waals surface area contributed by atoms with E-state index in [0.717, 1.165) is 0 Å². The summed E-state index contributed by atoms with van der Waals surface area (Å²) in [6, 6.07) is 10.9. The molecule has 0 aliphatic heterocycles. The number of hydrogen-bond acceptors (Lipinski definition) is 5. The molecule has 120 valence electrons. The molecule has 0 aliphatic carbocycles. The van der Waals surface area contributed by atoms with Crippen LogP contribution in [0.3, 0.4) is 0 Å². The maximum Gasteiger partial charge on any atom is 0.248 e. The van der Waals surface area contributed by atoms with E-state index < -0.39 is 17.7 Å². The van der Waals surface area contributed by atoms with E-state index in [9.17, 15) is 14.4 Å². The molecule has 2 aromatic carbocycles. The highest BCUT2D eigenvalue weighted by molar-refractivity contribution is 6.03. The first-order valence-electron chi connectivity index (χ1n) is 6.37. The molecule has 0 saturated heterocycles. The number of anilines is 2. The SMILES string of the molecule is NC(=O)c1cc(C(N)=O)cc(C(N)=O)c1.Nc1ccccc1N. The van der Waals surface area contributed by atoms with Gasteiger partial charge in [-0.3, -0.25) is 14.4 Å². The molecule has 8 heteroatoms. The van der Waals surface area contributed by atoms with Crippen LogP contribution in [-0.4, -0.2) is 17.7 Å². The molecule has 23 heavy (non-hydrogen) atoms. The van der Waals surface area contributed by atoms with Crippen LogP contribution >= 0.6 is 0 Å². The summed E-state index contributed by atoms with van der Waals surface area (Å²) in [5, 5.41) is 0. The van der Waals surface area contributed by atoms with Crippen LogP contribution in [0.2, 0.25) is 0 Å². The van der Waals surface area contributed by atoms with Gasteiger partial charge in [-0.2, -0.15) is 0 Å². The first-order valence-corrected chi connectivity index (χ1v) is 6.37. The highest BCUT2D eigenvalue weighted by Gasteiger charge is 2.11. The summed E-state index contributed by atoms with van der Waals surface area (Å²) in [6.07, 6.45) is 0. The van der Waals surface area contributed by atoms with Crippen LogP contribution in [0.25, 0.3) is 0 Å². The van der Waals surface area contributed by atoms with Crippen molar-refractivity contribution in [3.05, 3.63) is 59.2 Å². The van der Waals surface area contributed by atoms with Gasteiger partial charge in [-0.15, -0.1) is 0 Å². The van der Waals surface area contributed by atoms with Crippen molar-refractivity contribution in [3.63, 3.8) is 0 Å². The van der Waals surface area contributed by atoms with Gasteiger partial charge in [0.1, 0.15) is 0 Å². The molecule has 2 aromatic rings. The Labute approximate surface area is 132 Å². The Balaban J connectivity index is 0.000000277. The van der Waals surface area contributed by atoms with Crippen molar-refractivity contribution in [3.8, 4) is 0 Å². The molecule has 2 rings (SSSR count). The third-order valence-corrected chi connectivity index (χ3v) is 2.78. The van der Waals surface area contributed by atoms with Crippen LogP contribution in [0.5, 0.6) is 0 Å². The van der Waals surface area contributed by atoms with Gasteiger partial charge in [0, 0.05) is 16.7 Å². The Morgan fingerprint density at radius 3 is 1.04 bits per heavy atom. The second-order valence-corrected chi connectivity index (χ2v) is 4.52. The van der Waals surface area contributed by atoms with Crippen molar-refractivity contribution in [2.75, 3.05) is 11.5 Å². The van der Waals surface area contributed by atoms with E-state index in [2.05, 4.69) is 0 Å². The lowest BCUT2D eigenvalue weighted by Gasteiger charge is -2.02. The Bertz CT molecular complexity index is 659. The van der Waals surface area contributed by atoms with Crippen molar-refractivity contribution in [2.24, 2.45) is 17.2 Å². The number of nitrogens with two attached hydrogens (primary N) is 5. The number of hydrogen-bond donors (Lipinski definition) is 5. The van der Waals surface area contributed by atoms with Crippen molar-refractivity contribution < 1.29 is 14.4 Å². The van der Waals surface area contributed by atoms with Crippen LogP contribution in [0.1, 0.15) is 31.1 Å². The summed E-state index contributed by atoms with van der Waals surface area (Å²) in [6.45, 7) is 0. The van der Waals surface area contributed by atoms with Gasteiger partial charge in [0.25, 0.3) is 0 Å². The normalized spacial score (nSPS) is 9.39. The van der Waals surface area contributed by atoms with Gasteiger partial charge in [0.2, 0.25) is 17.7 Å². The summed E-state index contributed by atoms with van der Waals surface area (Å²) in [5.41, 5.74) is 27.1. The lowest BCUT2D eigenvalue weighted by Crippen LogP contribution is -2.19. The van der Waals surface area contributed by atoms with Gasteiger partial charge < -0.3 is 28.7 Å². The van der Waals surface area contributed by atoms with Crippen LogP contribution in [0.15, 0.2) is 42.5 Å². The van der Waals surface area contributed by atoms with E-state index in [0.29, 0.717) is 11.4 Å². The molecular weight excluding hydrogens is 298 g/mol. The minimum atomic E-state index is -0.763. The number of nitrogen functional groups attached to an aromatic ring is 2. The van der Waals surface area contributed by atoms with Gasteiger partial charge >= 0.3 is 0 Å². The minimum Gasteiger partial charge on any atom is -0.397 e. The van der Waals surface area contributed by atoms with Gasteiger partial charge in [-0.1, -0.05) is 12.1 Å². The lowest BCUT2D eigenvalue weighted by molar-refractivity contribution is 0.0999. The zero-order valence-corrected chi connectivity index (χ0v) is 12.2. The highest BCUT2D eigenvalue weighted by Crippen LogP contribution is 2.10. The summed E-state index contributed by atoms with van der Waals surface area (Å²) in [5.74, 6) is -2.29. The Hall–Kier alpha value is -3.55. The average molecular weight is 315 g/mol.